The highest BCUT2D eigenvalue weighted by atomic mass is 15.2. The lowest BCUT2D eigenvalue weighted by molar-refractivity contribution is 0.998. The Labute approximate surface area is 306 Å². The van der Waals surface area contributed by atoms with Gasteiger partial charge in [0.1, 0.15) is 0 Å². The van der Waals surface area contributed by atoms with Crippen molar-refractivity contribution in [2.24, 2.45) is 0 Å². The van der Waals surface area contributed by atoms with Crippen molar-refractivity contribution in [1.29, 1.82) is 0 Å². The number of aromatic nitrogens is 4. The first-order valence-electron chi connectivity index (χ1n) is 17.9. The molecule has 0 bridgehead atoms. The SMILES string of the molecule is c1ccc(-c2cc(-c3ccccc3)nc(-n3c4ccccc4c4ccc5c(cc6n5-c5ccccc5N(c5ccccc5)c5ccccc5-6)c43)n2)cc1. The summed E-state index contributed by atoms with van der Waals surface area (Å²) in [6.07, 6.45) is 0. The van der Waals surface area contributed by atoms with Gasteiger partial charge >= 0.3 is 0 Å². The molecule has 0 unspecified atom stereocenters. The molecule has 0 saturated carbocycles. The van der Waals surface area contributed by atoms with Gasteiger partial charge in [0.15, 0.2) is 0 Å². The van der Waals surface area contributed by atoms with Crippen molar-refractivity contribution in [3.63, 3.8) is 0 Å². The Bertz CT molecular complexity index is 2940. The minimum Gasteiger partial charge on any atom is -0.308 e. The number of para-hydroxylation sites is 5. The zero-order valence-corrected chi connectivity index (χ0v) is 28.6. The molecule has 0 amide bonds. The summed E-state index contributed by atoms with van der Waals surface area (Å²) in [6, 6.07) is 66.6. The average Bonchev–Trinajstić information content (AvgIpc) is 3.75. The highest BCUT2D eigenvalue weighted by molar-refractivity contribution is 6.19. The predicted molar refractivity (Wildman–Crippen MR) is 218 cm³/mol. The molecule has 0 saturated heterocycles. The summed E-state index contributed by atoms with van der Waals surface area (Å²) in [6.45, 7) is 0. The van der Waals surface area contributed by atoms with Gasteiger partial charge in [0, 0.05) is 38.5 Å². The summed E-state index contributed by atoms with van der Waals surface area (Å²) in [7, 11) is 0. The van der Waals surface area contributed by atoms with Gasteiger partial charge in [-0.1, -0.05) is 133 Å². The largest absolute Gasteiger partial charge is 0.308 e. The van der Waals surface area contributed by atoms with Gasteiger partial charge in [0.05, 0.1) is 50.7 Å². The molecule has 0 radical (unpaired) electrons. The Morgan fingerprint density at radius 3 is 1.66 bits per heavy atom. The van der Waals surface area contributed by atoms with Gasteiger partial charge < -0.3 is 9.47 Å². The Hall–Kier alpha value is -7.24. The van der Waals surface area contributed by atoms with Gasteiger partial charge in [-0.15, -0.1) is 0 Å². The Morgan fingerprint density at radius 1 is 0.377 bits per heavy atom. The lowest BCUT2D eigenvalue weighted by Crippen LogP contribution is -2.11. The van der Waals surface area contributed by atoms with Crippen LogP contribution >= 0.6 is 0 Å². The van der Waals surface area contributed by atoms with Crippen LogP contribution in [0.4, 0.5) is 17.1 Å². The molecular weight excluding hydrogens is 647 g/mol. The van der Waals surface area contributed by atoms with Crippen molar-refractivity contribution in [2.75, 3.05) is 4.90 Å². The topological polar surface area (TPSA) is 38.9 Å². The van der Waals surface area contributed by atoms with Crippen molar-refractivity contribution < 1.29 is 0 Å². The smallest absolute Gasteiger partial charge is 0.235 e. The zero-order chi connectivity index (χ0) is 34.9. The fourth-order valence-electron chi connectivity index (χ4n) is 8.17. The second-order valence-electron chi connectivity index (χ2n) is 13.5. The maximum absolute atomic E-state index is 5.33. The van der Waals surface area contributed by atoms with Crippen molar-refractivity contribution in [3.8, 4) is 45.4 Å². The van der Waals surface area contributed by atoms with Crippen LogP contribution in [0, 0.1) is 0 Å². The van der Waals surface area contributed by atoms with Gasteiger partial charge in [-0.05, 0) is 54.6 Å². The minimum atomic E-state index is 0.640. The molecule has 248 valence electrons. The zero-order valence-electron chi connectivity index (χ0n) is 28.6. The molecule has 0 atom stereocenters. The van der Waals surface area contributed by atoms with Crippen LogP contribution < -0.4 is 4.90 Å². The minimum absolute atomic E-state index is 0.640. The molecule has 4 heterocycles. The molecule has 10 aromatic rings. The molecule has 53 heavy (non-hydrogen) atoms. The van der Waals surface area contributed by atoms with Crippen LogP contribution in [0.1, 0.15) is 0 Å². The van der Waals surface area contributed by atoms with Crippen LogP contribution in [-0.2, 0) is 0 Å². The number of anilines is 3. The van der Waals surface area contributed by atoms with Crippen LogP contribution in [0.5, 0.6) is 0 Å². The number of hydrogen-bond acceptors (Lipinski definition) is 3. The van der Waals surface area contributed by atoms with Gasteiger partial charge in [-0.3, -0.25) is 4.57 Å². The lowest BCUT2D eigenvalue weighted by atomic mass is 10.1. The molecule has 5 heteroatoms. The van der Waals surface area contributed by atoms with E-state index in [-0.39, 0.29) is 0 Å². The molecule has 0 N–H and O–H groups in total. The van der Waals surface area contributed by atoms with E-state index < -0.39 is 0 Å². The van der Waals surface area contributed by atoms with Crippen LogP contribution in [0.25, 0.3) is 78.1 Å². The van der Waals surface area contributed by atoms with E-state index in [1.807, 2.05) is 12.1 Å². The van der Waals surface area contributed by atoms with E-state index >= 15 is 0 Å². The number of fused-ring (bicyclic) bond motifs is 11. The maximum atomic E-state index is 5.33. The first-order valence-corrected chi connectivity index (χ1v) is 17.9. The monoisotopic (exact) mass is 677 g/mol. The predicted octanol–water partition coefficient (Wildman–Crippen LogP) is 12.3. The molecule has 0 aliphatic carbocycles. The van der Waals surface area contributed by atoms with Crippen LogP contribution in [0.2, 0.25) is 0 Å². The van der Waals surface area contributed by atoms with Crippen LogP contribution in [0.15, 0.2) is 188 Å². The van der Waals surface area contributed by atoms with E-state index in [1.165, 1.54) is 0 Å². The van der Waals surface area contributed by atoms with Crippen molar-refractivity contribution in [1.82, 2.24) is 19.1 Å². The third-order valence-corrected chi connectivity index (χ3v) is 10.5. The first kappa shape index (κ1) is 29.5. The van der Waals surface area contributed by atoms with Gasteiger partial charge in [0.2, 0.25) is 5.95 Å². The Morgan fingerprint density at radius 2 is 0.943 bits per heavy atom. The first-order chi connectivity index (χ1) is 26.3. The molecule has 7 aromatic carbocycles. The van der Waals surface area contributed by atoms with Crippen molar-refractivity contribution in [2.45, 2.75) is 0 Å². The van der Waals surface area contributed by atoms with Crippen LogP contribution in [-0.4, -0.2) is 19.1 Å². The van der Waals surface area contributed by atoms with Crippen LogP contribution in [0.3, 0.4) is 0 Å². The van der Waals surface area contributed by atoms with E-state index in [9.17, 15) is 0 Å². The standard InChI is InChI=1S/C48H31N5/c1-4-16-32(17-5-1)39-31-40(33-18-6-2-7-19-33)50-48(49-39)53-41-24-12-10-22-35(41)36-28-29-43-38(47(36)53)30-46-37-23-11-13-25-42(37)51(34-20-8-3-9-21-34)44-26-14-15-27-45(44)52(43)46/h1-31H. The second-order valence-corrected chi connectivity index (χ2v) is 13.5. The number of nitrogens with zero attached hydrogens (tertiary/aromatic N) is 5. The number of benzene rings is 7. The fraction of sp³-hybridized carbons (Fsp3) is 0. The van der Waals surface area contributed by atoms with E-state index in [4.69, 9.17) is 9.97 Å². The maximum Gasteiger partial charge on any atom is 0.235 e. The third kappa shape index (κ3) is 4.51. The third-order valence-electron chi connectivity index (χ3n) is 10.5. The summed E-state index contributed by atoms with van der Waals surface area (Å²) >= 11 is 0. The highest BCUT2D eigenvalue weighted by Gasteiger charge is 2.29. The summed E-state index contributed by atoms with van der Waals surface area (Å²) in [5.74, 6) is 0.640. The molecule has 1 aliphatic heterocycles. The number of rotatable bonds is 4. The van der Waals surface area contributed by atoms with E-state index in [1.54, 1.807) is 0 Å². The van der Waals surface area contributed by atoms with E-state index in [2.05, 4.69) is 190 Å². The van der Waals surface area contributed by atoms with Gasteiger partial charge in [-0.2, -0.15) is 0 Å². The summed E-state index contributed by atoms with van der Waals surface area (Å²) in [4.78, 5) is 13.0. The Kier molecular flexibility index (Phi) is 6.48. The van der Waals surface area contributed by atoms with E-state index in [0.717, 1.165) is 89.2 Å². The molecule has 5 nitrogen and oxygen atoms in total. The Balaban J connectivity index is 1.25. The molecule has 3 aromatic heterocycles. The van der Waals surface area contributed by atoms with Crippen molar-refractivity contribution in [3.05, 3.63) is 188 Å². The quantitative estimate of drug-likeness (QED) is 0.186. The summed E-state index contributed by atoms with van der Waals surface area (Å²) in [5.41, 5.74) is 13.9. The van der Waals surface area contributed by atoms with Crippen molar-refractivity contribution >= 4 is 49.8 Å². The number of hydrogen-bond donors (Lipinski definition) is 0. The lowest BCUT2D eigenvalue weighted by Gasteiger charge is -2.26. The summed E-state index contributed by atoms with van der Waals surface area (Å²) in [5, 5.41) is 3.47. The molecular formula is C48H31N5. The van der Waals surface area contributed by atoms with E-state index in [0.29, 0.717) is 5.95 Å². The second kappa shape index (κ2) is 11.7. The molecule has 1 aliphatic rings. The highest BCUT2D eigenvalue weighted by Crippen LogP contribution is 2.50. The molecule has 0 spiro atoms. The van der Waals surface area contributed by atoms with Gasteiger partial charge in [-0.25, -0.2) is 9.97 Å². The molecule has 0 fully saturated rings. The summed E-state index contributed by atoms with van der Waals surface area (Å²) < 4.78 is 4.71. The van der Waals surface area contributed by atoms with Gasteiger partial charge in [0.25, 0.3) is 0 Å². The fourth-order valence-corrected chi connectivity index (χ4v) is 8.17. The molecule has 11 rings (SSSR count). The normalized spacial score (nSPS) is 12.1. The average molecular weight is 678 g/mol.